The van der Waals surface area contributed by atoms with E-state index < -0.39 is 17.3 Å². The number of carbonyl (C=O) groups excluding carboxylic acids is 1. The molecule has 6 nitrogen and oxygen atoms in total. The average molecular weight is 251 g/mol. The van der Waals surface area contributed by atoms with Crippen molar-refractivity contribution in [2.24, 2.45) is 11.1 Å². The number of primary amides is 1. The number of carbonyl (C=O) groups is 2. The second-order valence-electron chi connectivity index (χ2n) is 4.37. The standard InChI is InChI=1S/C12H17N3O3/c1-3-12(2,11(17)18)7-15-8-4-5-14-9(6-8)10(13)16/h4-6H,3,7H2,1-2H3,(H2,13,16)(H,14,15)(H,17,18). The molecule has 1 aromatic heterocycles. The highest BCUT2D eigenvalue weighted by molar-refractivity contribution is 5.91. The number of aliphatic carboxylic acids is 1. The Morgan fingerprint density at radius 3 is 2.72 bits per heavy atom. The van der Waals surface area contributed by atoms with Gasteiger partial charge in [-0.25, -0.2) is 0 Å². The molecule has 1 unspecified atom stereocenters. The van der Waals surface area contributed by atoms with Crippen LogP contribution in [0.2, 0.25) is 0 Å². The van der Waals surface area contributed by atoms with E-state index in [1.807, 2.05) is 6.92 Å². The van der Waals surface area contributed by atoms with E-state index in [2.05, 4.69) is 10.3 Å². The summed E-state index contributed by atoms with van der Waals surface area (Å²) in [5, 5.41) is 12.1. The normalized spacial score (nSPS) is 13.7. The average Bonchev–Trinajstić information content (AvgIpc) is 2.36. The van der Waals surface area contributed by atoms with Gasteiger partial charge in [0.05, 0.1) is 5.41 Å². The molecule has 0 aliphatic heterocycles. The fourth-order valence-corrected chi connectivity index (χ4v) is 1.32. The van der Waals surface area contributed by atoms with Gasteiger partial charge in [-0.2, -0.15) is 0 Å². The number of aromatic nitrogens is 1. The van der Waals surface area contributed by atoms with Crippen LogP contribution in [0.4, 0.5) is 5.69 Å². The van der Waals surface area contributed by atoms with E-state index in [9.17, 15) is 9.59 Å². The summed E-state index contributed by atoms with van der Waals surface area (Å²) in [6.07, 6.45) is 1.95. The van der Waals surface area contributed by atoms with Crippen molar-refractivity contribution < 1.29 is 14.7 Å². The Hall–Kier alpha value is -2.11. The molecule has 0 radical (unpaired) electrons. The first-order chi connectivity index (χ1) is 8.39. The van der Waals surface area contributed by atoms with Crippen LogP contribution >= 0.6 is 0 Å². The van der Waals surface area contributed by atoms with Crippen LogP contribution < -0.4 is 11.1 Å². The topological polar surface area (TPSA) is 105 Å². The molecule has 0 bridgehead atoms. The number of amides is 1. The van der Waals surface area contributed by atoms with Crippen molar-refractivity contribution >= 4 is 17.6 Å². The second kappa shape index (κ2) is 5.48. The van der Waals surface area contributed by atoms with Gasteiger partial charge in [-0.3, -0.25) is 14.6 Å². The zero-order chi connectivity index (χ0) is 13.8. The molecule has 18 heavy (non-hydrogen) atoms. The third-order valence-corrected chi connectivity index (χ3v) is 2.99. The van der Waals surface area contributed by atoms with Crippen molar-refractivity contribution in [3.63, 3.8) is 0 Å². The summed E-state index contributed by atoms with van der Waals surface area (Å²) >= 11 is 0. The van der Waals surface area contributed by atoms with E-state index in [0.29, 0.717) is 12.1 Å². The quantitative estimate of drug-likeness (QED) is 0.702. The zero-order valence-electron chi connectivity index (χ0n) is 10.4. The highest BCUT2D eigenvalue weighted by atomic mass is 16.4. The maximum atomic E-state index is 11.1. The number of nitrogens with one attached hydrogen (secondary N) is 1. The molecule has 4 N–H and O–H groups in total. The number of rotatable bonds is 6. The first-order valence-electron chi connectivity index (χ1n) is 5.62. The Morgan fingerprint density at radius 2 is 2.22 bits per heavy atom. The largest absolute Gasteiger partial charge is 0.481 e. The van der Waals surface area contributed by atoms with Crippen molar-refractivity contribution in [1.82, 2.24) is 4.98 Å². The third kappa shape index (κ3) is 3.19. The molecule has 0 aliphatic rings. The number of carboxylic acid groups (broad SMARTS) is 1. The van der Waals surface area contributed by atoms with E-state index in [-0.39, 0.29) is 12.2 Å². The van der Waals surface area contributed by atoms with Crippen molar-refractivity contribution in [3.8, 4) is 0 Å². The van der Waals surface area contributed by atoms with Gasteiger partial charge in [0.1, 0.15) is 5.69 Å². The molecule has 1 atom stereocenters. The summed E-state index contributed by atoms with van der Waals surface area (Å²) in [5.74, 6) is -1.48. The smallest absolute Gasteiger partial charge is 0.311 e. The summed E-state index contributed by atoms with van der Waals surface area (Å²) in [6, 6.07) is 3.16. The number of pyridine rings is 1. The molecule has 6 heteroatoms. The Bertz CT molecular complexity index is 462. The predicted molar refractivity (Wildman–Crippen MR) is 67.3 cm³/mol. The Balaban J connectivity index is 2.77. The molecule has 1 rings (SSSR count). The fraction of sp³-hybridized carbons (Fsp3) is 0.417. The lowest BCUT2D eigenvalue weighted by Crippen LogP contribution is -2.34. The van der Waals surface area contributed by atoms with Crippen LogP contribution in [0.25, 0.3) is 0 Å². The van der Waals surface area contributed by atoms with Crippen LogP contribution in [0.1, 0.15) is 30.8 Å². The lowest BCUT2D eigenvalue weighted by molar-refractivity contribution is -0.147. The van der Waals surface area contributed by atoms with Gasteiger partial charge in [0.15, 0.2) is 0 Å². The third-order valence-electron chi connectivity index (χ3n) is 2.99. The number of anilines is 1. The zero-order valence-corrected chi connectivity index (χ0v) is 10.4. The number of nitrogens with two attached hydrogens (primary N) is 1. The minimum atomic E-state index is -0.860. The molecular weight excluding hydrogens is 234 g/mol. The molecule has 98 valence electrons. The van der Waals surface area contributed by atoms with Crippen LogP contribution in [0.5, 0.6) is 0 Å². The summed E-state index contributed by atoms with van der Waals surface area (Å²) in [6.45, 7) is 3.75. The number of hydrogen-bond acceptors (Lipinski definition) is 4. The van der Waals surface area contributed by atoms with Gasteiger partial charge < -0.3 is 16.2 Å². The lowest BCUT2D eigenvalue weighted by atomic mass is 9.87. The molecule has 0 saturated heterocycles. The Labute approximate surface area is 105 Å². The lowest BCUT2D eigenvalue weighted by Gasteiger charge is -2.23. The van der Waals surface area contributed by atoms with Gasteiger partial charge in [-0.1, -0.05) is 6.92 Å². The van der Waals surface area contributed by atoms with Gasteiger partial charge in [0, 0.05) is 18.4 Å². The fourth-order valence-electron chi connectivity index (χ4n) is 1.32. The SMILES string of the molecule is CCC(C)(CNc1ccnc(C(N)=O)c1)C(=O)O. The molecule has 1 aromatic rings. The number of nitrogens with zero attached hydrogens (tertiary/aromatic N) is 1. The van der Waals surface area contributed by atoms with E-state index in [1.54, 1.807) is 13.0 Å². The highest BCUT2D eigenvalue weighted by Crippen LogP contribution is 2.22. The monoisotopic (exact) mass is 251 g/mol. The Morgan fingerprint density at radius 1 is 1.56 bits per heavy atom. The first kappa shape index (κ1) is 14.0. The van der Waals surface area contributed by atoms with Crippen molar-refractivity contribution in [2.45, 2.75) is 20.3 Å². The molecular formula is C12H17N3O3. The van der Waals surface area contributed by atoms with Crippen molar-refractivity contribution in [2.75, 3.05) is 11.9 Å². The van der Waals surface area contributed by atoms with E-state index in [1.165, 1.54) is 12.3 Å². The summed E-state index contributed by atoms with van der Waals surface area (Å²) in [4.78, 5) is 25.9. The van der Waals surface area contributed by atoms with Gasteiger partial charge in [0.2, 0.25) is 0 Å². The van der Waals surface area contributed by atoms with Crippen LogP contribution in [-0.4, -0.2) is 28.5 Å². The van der Waals surface area contributed by atoms with Crippen molar-refractivity contribution in [3.05, 3.63) is 24.0 Å². The van der Waals surface area contributed by atoms with Gasteiger partial charge in [0.25, 0.3) is 5.91 Å². The molecule has 0 fully saturated rings. The van der Waals surface area contributed by atoms with E-state index >= 15 is 0 Å². The van der Waals surface area contributed by atoms with Crippen LogP contribution in [0.3, 0.4) is 0 Å². The number of carboxylic acids is 1. The molecule has 0 saturated carbocycles. The van der Waals surface area contributed by atoms with Gasteiger partial charge >= 0.3 is 5.97 Å². The minimum Gasteiger partial charge on any atom is -0.481 e. The number of hydrogen-bond donors (Lipinski definition) is 3. The maximum Gasteiger partial charge on any atom is 0.311 e. The first-order valence-corrected chi connectivity index (χ1v) is 5.62. The molecule has 0 spiro atoms. The maximum absolute atomic E-state index is 11.1. The summed E-state index contributed by atoms with van der Waals surface area (Å²) in [7, 11) is 0. The van der Waals surface area contributed by atoms with Gasteiger partial charge in [-0.05, 0) is 25.5 Å². The molecule has 0 aliphatic carbocycles. The summed E-state index contributed by atoms with van der Waals surface area (Å²) < 4.78 is 0. The molecule has 1 heterocycles. The Kier molecular flexibility index (Phi) is 4.25. The van der Waals surface area contributed by atoms with Crippen LogP contribution in [0, 0.1) is 5.41 Å². The van der Waals surface area contributed by atoms with Gasteiger partial charge in [-0.15, -0.1) is 0 Å². The molecule has 0 aromatic carbocycles. The van der Waals surface area contributed by atoms with E-state index in [4.69, 9.17) is 10.8 Å². The highest BCUT2D eigenvalue weighted by Gasteiger charge is 2.30. The van der Waals surface area contributed by atoms with E-state index in [0.717, 1.165) is 0 Å². The second-order valence-corrected chi connectivity index (χ2v) is 4.37. The predicted octanol–water partition coefficient (Wildman–Crippen LogP) is 1.09. The van der Waals surface area contributed by atoms with Crippen LogP contribution in [-0.2, 0) is 4.79 Å². The van der Waals surface area contributed by atoms with Crippen molar-refractivity contribution in [1.29, 1.82) is 0 Å². The minimum absolute atomic E-state index is 0.147. The summed E-state index contributed by atoms with van der Waals surface area (Å²) in [5.41, 5.74) is 5.04. The molecule has 1 amide bonds. The van der Waals surface area contributed by atoms with Crippen LogP contribution in [0.15, 0.2) is 18.3 Å².